The second-order valence-corrected chi connectivity index (χ2v) is 8.68. The van der Waals surface area contributed by atoms with Gasteiger partial charge in [0.2, 0.25) is 5.91 Å². The van der Waals surface area contributed by atoms with Gasteiger partial charge in [-0.15, -0.1) is 0 Å². The summed E-state index contributed by atoms with van der Waals surface area (Å²) in [7, 11) is 0. The zero-order valence-corrected chi connectivity index (χ0v) is 19.2. The lowest BCUT2D eigenvalue weighted by atomic mass is 10.0. The van der Waals surface area contributed by atoms with Crippen LogP contribution in [0.2, 0.25) is 0 Å². The Labute approximate surface area is 197 Å². The third-order valence-corrected chi connectivity index (χ3v) is 4.82. The molecular weight excluding hydrogens is 436 g/mol. The number of hydrogen-bond acceptors (Lipinski definition) is 5. The first-order valence-electron chi connectivity index (χ1n) is 10.7. The molecule has 1 aromatic heterocycles. The Bertz CT molecular complexity index is 1190. The number of carbonyl (C=O) groups is 3. The fraction of sp³-hybridized carbons (Fsp3) is 0.240. The molecule has 2 aromatic carbocycles. The molecule has 9 heteroatoms. The number of para-hydroxylation sites is 1. The SMILES string of the molecule is CC(C)(C)OC(=O)N[C@H](Cc1c[nH]c2ccccc12)C(=O)Nc1ccc(C=CC(=O)NO)cc1. The lowest BCUT2D eigenvalue weighted by molar-refractivity contribution is -0.124. The lowest BCUT2D eigenvalue weighted by Gasteiger charge is -2.23. The maximum absolute atomic E-state index is 13.1. The molecule has 3 rings (SSSR count). The predicted molar refractivity (Wildman–Crippen MR) is 129 cm³/mol. The standard InChI is InChI=1S/C25H28N4O5/c1-25(2,3)34-24(32)28-21(14-17-15-26-20-7-5-4-6-19(17)20)23(31)27-18-11-8-16(9-12-18)10-13-22(30)29-33/h4-13,15,21,26,33H,14H2,1-3H3,(H,27,31)(H,28,32)(H,29,30)/t21-/m1/s1. The van der Waals surface area contributed by atoms with E-state index in [9.17, 15) is 14.4 Å². The molecule has 0 bridgehead atoms. The van der Waals surface area contributed by atoms with Gasteiger partial charge in [0.15, 0.2) is 0 Å². The van der Waals surface area contributed by atoms with Gasteiger partial charge < -0.3 is 20.4 Å². The van der Waals surface area contributed by atoms with E-state index >= 15 is 0 Å². The Kier molecular flexibility index (Phi) is 7.70. The molecule has 0 unspecified atom stereocenters. The highest BCUT2D eigenvalue weighted by Crippen LogP contribution is 2.20. The van der Waals surface area contributed by atoms with Crippen molar-refractivity contribution in [1.82, 2.24) is 15.8 Å². The van der Waals surface area contributed by atoms with E-state index in [1.807, 2.05) is 30.5 Å². The molecule has 5 N–H and O–H groups in total. The van der Waals surface area contributed by atoms with Crippen LogP contribution in [0.5, 0.6) is 0 Å². The van der Waals surface area contributed by atoms with Crippen LogP contribution in [0.25, 0.3) is 17.0 Å². The normalized spacial score (nSPS) is 12.4. The van der Waals surface area contributed by atoms with E-state index in [2.05, 4.69) is 15.6 Å². The molecule has 9 nitrogen and oxygen atoms in total. The zero-order valence-electron chi connectivity index (χ0n) is 19.2. The third kappa shape index (κ3) is 6.94. The van der Waals surface area contributed by atoms with Gasteiger partial charge in [-0.25, -0.2) is 10.3 Å². The predicted octanol–water partition coefficient (Wildman–Crippen LogP) is 3.76. The van der Waals surface area contributed by atoms with Gasteiger partial charge in [0.05, 0.1) is 0 Å². The van der Waals surface area contributed by atoms with Crippen LogP contribution in [-0.4, -0.2) is 39.7 Å². The van der Waals surface area contributed by atoms with Crippen molar-refractivity contribution >= 4 is 40.6 Å². The second kappa shape index (κ2) is 10.7. The van der Waals surface area contributed by atoms with Gasteiger partial charge in [-0.2, -0.15) is 0 Å². The molecule has 0 aliphatic heterocycles. The number of amides is 3. The van der Waals surface area contributed by atoms with E-state index in [0.29, 0.717) is 11.3 Å². The molecule has 0 aliphatic carbocycles. The summed E-state index contributed by atoms with van der Waals surface area (Å²) < 4.78 is 5.35. The molecule has 178 valence electrons. The number of aromatic nitrogens is 1. The van der Waals surface area contributed by atoms with Crippen LogP contribution in [0.3, 0.4) is 0 Å². The van der Waals surface area contributed by atoms with Gasteiger partial charge in [-0.3, -0.25) is 14.8 Å². The number of nitrogens with one attached hydrogen (secondary N) is 4. The van der Waals surface area contributed by atoms with Crippen LogP contribution < -0.4 is 16.1 Å². The average molecular weight is 465 g/mol. The quantitative estimate of drug-likeness (QED) is 0.206. The first-order chi connectivity index (χ1) is 16.1. The molecule has 3 aromatic rings. The first kappa shape index (κ1) is 24.5. The molecule has 0 saturated heterocycles. The molecular formula is C25H28N4O5. The zero-order chi connectivity index (χ0) is 24.7. The molecule has 0 fully saturated rings. The molecule has 1 atom stereocenters. The first-order valence-corrected chi connectivity index (χ1v) is 10.7. The molecule has 3 amide bonds. The molecule has 0 spiro atoms. The Balaban J connectivity index is 1.76. The number of rotatable bonds is 7. The molecule has 0 radical (unpaired) electrons. The fourth-order valence-electron chi connectivity index (χ4n) is 3.30. The summed E-state index contributed by atoms with van der Waals surface area (Å²) in [4.78, 5) is 39.8. The highest BCUT2D eigenvalue weighted by atomic mass is 16.6. The number of hydrogen-bond donors (Lipinski definition) is 5. The number of carbonyl (C=O) groups excluding carboxylic acids is 3. The summed E-state index contributed by atoms with van der Waals surface area (Å²) in [6, 6.07) is 13.6. The van der Waals surface area contributed by atoms with Crippen molar-refractivity contribution in [2.45, 2.75) is 38.8 Å². The van der Waals surface area contributed by atoms with Gasteiger partial charge in [0.25, 0.3) is 5.91 Å². The molecule has 34 heavy (non-hydrogen) atoms. The van der Waals surface area contributed by atoms with E-state index in [1.54, 1.807) is 45.0 Å². The maximum Gasteiger partial charge on any atom is 0.408 e. The van der Waals surface area contributed by atoms with Gasteiger partial charge >= 0.3 is 6.09 Å². The van der Waals surface area contributed by atoms with Crippen LogP contribution in [0.15, 0.2) is 60.8 Å². The van der Waals surface area contributed by atoms with E-state index in [1.165, 1.54) is 17.6 Å². The molecule has 1 heterocycles. The van der Waals surface area contributed by atoms with Gasteiger partial charge in [0.1, 0.15) is 11.6 Å². The number of aromatic amines is 1. The minimum absolute atomic E-state index is 0.256. The Hall–Kier alpha value is -4.11. The Morgan fingerprint density at radius 2 is 1.79 bits per heavy atom. The fourth-order valence-corrected chi connectivity index (χ4v) is 3.30. The van der Waals surface area contributed by atoms with E-state index in [-0.39, 0.29) is 6.42 Å². The number of benzene rings is 2. The van der Waals surface area contributed by atoms with Crippen molar-refractivity contribution in [1.29, 1.82) is 0 Å². The van der Waals surface area contributed by atoms with Crippen molar-refractivity contribution in [3.8, 4) is 0 Å². The van der Waals surface area contributed by atoms with Crippen LogP contribution in [0.4, 0.5) is 10.5 Å². The van der Waals surface area contributed by atoms with Gasteiger partial charge in [-0.05, 0) is 56.2 Å². The largest absolute Gasteiger partial charge is 0.444 e. The van der Waals surface area contributed by atoms with Crippen molar-refractivity contribution in [2.75, 3.05) is 5.32 Å². The number of anilines is 1. The number of ether oxygens (including phenoxy) is 1. The summed E-state index contributed by atoms with van der Waals surface area (Å²) in [5.41, 5.74) is 3.84. The highest BCUT2D eigenvalue weighted by molar-refractivity contribution is 5.97. The van der Waals surface area contributed by atoms with Crippen LogP contribution in [-0.2, 0) is 20.7 Å². The smallest absolute Gasteiger partial charge is 0.408 e. The third-order valence-electron chi connectivity index (χ3n) is 4.82. The number of hydroxylamine groups is 1. The average Bonchev–Trinajstić information content (AvgIpc) is 3.19. The summed E-state index contributed by atoms with van der Waals surface area (Å²) in [5, 5.41) is 15.0. The lowest BCUT2D eigenvalue weighted by Crippen LogP contribution is -2.47. The summed E-state index contributed by atoms with van der Waals surface area (Å²) in [6.45, 7) is 5.25. The Morgan fingerprint density at radius 3 is 2.47 bits per heavy atom. The molecule has 0 aliphatic rings. The van der Waals surface area contributed by atoms with E-state index in [4.69, 9.17) is 9.94 Å². The van der Waals surface area contributed by atoms with Gasteiger partial charge in [-0.1, -0.05) is 30.3 Å². The van der Waals surface area contributed by atoms with E-state index in [0.717, 1.165) is 16.5 Å². The van der Waals surface area contributed by atoms with Crippen LogP contribution in [0.1, 0.15) is 31.9 Å². The minimum atomic E-state index is -0.887. The minimum Gasteiger partial charge on any atom is -0.444 e. The highest BCUT2D eigenvalue weighted by Gasteiger charge is 2.25. The number of alkyl carbamates (subject to hydrolysis) is 1. The topological polar surface area (TPSA) is 133 Å². The van der Waals surface area contributed by atoms with Crippen molar-refractivity contribution in [3.05, 3.63) is 71.9 Å². The summed E-state index contributed by atoms with van der Waals surface area (Å²) in [6.07, 6.45) is 4.09. The summed E-state index contributed by atoms with van der Waals surface area (Å²) >= 11 is 0. The van der Waals surface area contributed by atoms with Crippen molar-refractivity contribution < 1.29 is 24.3 Å². The number of fused-ring (bicyclic) bond motifs is 1. The van der Waals surface area contributed by atoms with Gasteiger partial charge in [0, 0.05) is 35.3 Å². The van der Waals surface area contributed by atoms with E-state index < -0.39 is 29.6 Å². The maximum atomic E-state index is 13.1. The van der Waals surface area contributed by atoms with Crippen LogP contribution >= 0.6 is 0 Å². The second-order valence-electron chi connectivity index (χ2n) is 8.68. The monoisotopic (exact) mass is 464 g/mol. The number of H-pyrrole nitrogens is 1. The molecule has 0 saturated carbocycles. The van der Waals surface area contributed by atoms with Crippen LogP contribution in [0, 0.1) is 0 Å². The Morgan fingerprint density at radius 1 is 1.09 bits per heavy atom. The van der Waals surface area contributed by atoms with Crippen molar-refractivity contribution in [3.63, 3.8) is 0 Å². The van der Waals surface area contributed by atoms with Crippen molar-refractivity contribution in [2.24, 2.45) is 0 Å². The summed E-state index contributed by atoms with van der Waals surface area (Å²) in [5.74, 6) is -1.05.